The molecule has 0 spiro atoms. The van der Waals surface area contributed by atoms with Crippen molar-refractivity contribution in [3.8, 4) is 0 Å². The van der Waals surface area contributed by atoms with Crippen molar-refractivity contribution in [3.05, 3.63) is 35.9 Å². The Hall–Kier alpha value is -1.09. The van der Waals surface area contributed by atoms with E-state index in [1.807, 2.05) is 6.07 Å². The van der Waals surface area contributed by atoms with Gasteiger partial charge < -0.3 is 10.2 Å². The summed E-state index contributed by atoms with van der Waals surface area (Å²) in [5.41, 5.74) is 1.28. The molecule has 0 radical (unpaired) electrons. The Kier molecular flexibility index (Phi) is 4.59. The highest BCUT2D eigenvalue weighted by molar-refractivity contribution is 7.80. The molecule has 0 unspecified atom stereocenters. The van der Waals surface area contributed by atoms with Crippen LogP contribution in [0.1, 0.15) is 44.7 Å². The largest absolute Gasteiger partial charge is 0.356 e. The Labute approximate surface area is 115 Å². The molecule has 3 heteroatoms. The van der Waals surface area contributed by atoms with E-state index in [4.69, 9.17) is 12.2 Å². The molecule has 0 aromatic heterocycles. The fourth-order valence-corrected chi connectivity index (χ4v) is 2.94. The number of hydrogen-bond donors (Lipinski definition) is 1. The summed E-state index contributed by atoms with van der Waals surface area (Å²) in [5, 5.41) is 4.36. The predicted octanol–water partition coefficient (Wildman–Crippen LogP) is 3.50. The minimum Gasteiger partial charge on any atom is -0.356 e. The normalized spacial score (nSPS) is 21.4. The van der Waals surface area contributed by atoms with Crippen LogP contribution in [0.4, 0.5) is 0 Å². The number of nitrogens with one attached hydrogen (secondary N) is 1. The quantitative estimate of drug-likeness (QED) is 0.821. The maximum absolute atomic E-state index is 5.54. The molecule has 0 aliphatic carbocycles. The van der Waals surface area contributed by atoms with E-state index in [9.17, 15) is 0 Å². The summed E-state index contributed by atoms with van der Waals surface area (Å²) in [6.45, 7) is 5.52. The van der Waals surface area contributed by atoms with Crippen molar-refractivity contribution in [2.45, 2.75) is 45.2 Å². The van der Waals surface area contributed by atoms with Crippen LogP contribution >= 0.6 is 12.2 Å². The average molecular weight is 262 g/mol. The zero-order valence-corrected chi connectivity index (χ0v) is 12.0. The third kappa shape index (κ3) is 3.22. The van der Waals surface area contributed by atoms with Crippen LogP contribution in [0, 0.1) is 0 Å². The molecule has 98 valence electrons. The Morgan fingerprint density at radius 2 is 2.06 bits per heavy atom. The fourth-order valence-electron chi connectivity index (χ4n) is 2.49. The molecule has 2 rings (SSSR count). The minimum absolute atomic E-state index is 0.271. The van der Waals surface area contributed by atoms with Crippen LogP contribution in [0.5, 0.6) is 0 Å². The van der Waals surface area contributed by atoms with Crippen molar-refractivity contribution in [2.75, 3.05) is 6.54 Å². The smallest absolute Gasteiger partial charge is 0.169 e. The molecule has 0 bridgehead atoms. The summed E-state index contributed by atoms with van der Waals surface area (Å²) in [4.78, 5) is 2.33. The maximum Gasteiger partial charge on any atom is 0.169 e. The Morgan fingerprint density at radius 3 is 2.72 bits per heavy atom. The molecule has 2 nitrogen and oxygen atoms in total. The van der Waals surface area contributed by atoms with Crippen molar-refractivity contribution in [2.24, 2.45) is 0 Å². The van der Waals surface area contributed by atoms with Gasteiger partial charge in [0.1, 0.15) is 0 Å². The third-order valence-electron chi connectivity index (χ3n) is 3.70. The van der Waals surface area contributed by atoms with Crippen LogP contribution in [-0.2, 0) is 0 Å². The minimum atomic E-state index is 0.271. The average Bonchev–Trinajstić information content (AvgIpc) is 2.40. The van der Waals surface area contributed by atoms with Gasteiger partial charge in [-0.05, 0) is 50.9 Å². The van der Waals surface area contributed by atoms with Gasteiger partial charge in [0.05, 0.1) is 6.04 Å². The van der Waals surface area contributed by atoms with Crippen LogP contribution in [0.25, 0.3) is 0 Å². The molecule has 0 saturated carbocycles. The predicted molar refractivity (Wildman–Crippen MR) is 80.6 cm³/mol. The molecule has 1 aromatic rings. The van der Waals surface area contributed by atoms with Gasteiger partial charge in [-0.3, -0.25) is 0 Å². The zero-order valence-electron chi connectivity index (χ0n) is 11.2. The van der Waals surface area contributed by atoms with E-state index in [1.165, 1.54) is 24.8 Å². The summed E-state index contributed by atoms with van der Waals surface area (Å²) in [5.74, 6) is 0. The van der Waals surface area contributed by atoms with Crippen molar-refractivity contribution < 1.29 is 0 Å². The van der Waals surface area contributed by atoms with Crippen molar-refractivity contribution in [1.82, 2.24) is 10.2 Å². The van der Waals surface area contributed by atoms with Gasteiger partial charge in [0.25, 0.3) is 0 Å². The summed E-state index contributed by atoms with van der Waals surface area (Å²) >= 11 is 5.54. The summed E-state index contributed by atoms with van der Waals surface area (Å²) < 4.78 is 0. The van der Waals surface area contributed by atoms with E-state index in [1.54, 1.807) is 0 Å². The van der Waals surface area contributed by atoms with E-state index in [2.05, 4.69) is 48.3 Å². The number of nitrogens with zero attached hydrogens (tertiary/aromatic N) is 1. The number of hydrogen-bond acceptors (Lipinski definition) is 1. The maximum atomic E-state index is 5.54. The first-order chi connectivity index (χ1) is 8.68. The van der Waals surface area contributed by atoms with Gasteiger partial charge >= 0.3 is 0 Å². The molecule has 1 saturated heterocycles. The van der Waals surface area contributed by atoms with E-state index in [0.717, 1.165) is 11.7 Å². The fraction of sp³-hybridized carbons (Fsp3) is 0.533. The molecular formula is C15H22N2S. The first-order valence-electron chi connectivity index (χ1n) is 6.80. The Morgan fingerprint density at radius 1 is 1.33 bits per heavy atom. The molecule has 1 fully saturated rings. The number of thiocarbonyl (C=S) groups is 1. The third-order valence-corrected chi connectivity index (χ3v) is 4.06. The molecule has 1 aromatic carbocycles. The molecule has 1 heterocycles. The van der Waals surface area contributed by atoms with Gasteiger partial charge in [-0.25, -0.2) is 0 Å². The summed E-state index contributed by atoms with van der Waals surface area (Å²) in [6.07, 6.45) is 3.84. The van der Waals surface area contributed by atoms with Gasteiger partial charge in [-0.1, -0.05) is 30.3 Å². The number of piperidine rings is 1. The molecule has 1 aliphatic heterocycles. The van der Waals surface area contributed by atoms with Gasteiger partial charge in [0.2, 0.25) is 0 Å². The first-order valence-corrected chi connectivity index (χ1v) is 7.21. The molecule has 2 atom stereocenters. The van der Waals surface area contributed by atoms with Crippen LogP contribution < -0.4 is 5.32 Å². The summed E-state index contributed by atoms with van der Waals surface area (Å²) in [7, 11) is 0. The Bertz CT molecular complexity index is 391. The van der Waals surface area contributed by atoms with Crippen molar-refractivity contribution >= 4 is 17.3 Å². The Balaban J connectivity index is 1.94. The van der Waals surface area contributed by atoms with Gasteiger partial charge in [0, 0.05) is 12.6 Å². The standard InChI is InChI=1S/C15H22N2S/c1-12-8-6-7-11-17(12)15(18)16-13(2)14-9-4-3-5-10-14/h3-5,9-10,12-13H,6-8,11H2,1-2H3,(H,16,18)/t12-,13+/m1/s1. The van der Waals surface area contributed by atoms with Crippen molar-refractivity contribution in [1.29, 1.82) is 0 Å². The van der Waals surface area contributed by atoms with E-state index >= 15 is 0 Å². The number of rotatable bonds is 2. The van der Waals surface area contributed by atoms with Crippen LogP contribution in [0.2, 0.25) is 0 Å². The van der Waals surface area contributed by atoms with Gasteiger partial charge in [0.15, 0.2) is 5.11 Å². The van der Waals surface area contributed by atoms with Crippen molar-refractivity contribution in [3.63, 3.8) is 0 Å². The molecular weight excluding hydrogens is 240 g/mol. The van der Waals surface area contributed by atoms with E-state index in [-0.39, 0.29) is 6.04 Å². The highest BCUT2D eigenvalue weighted by Crippen LogP contribution is 2.18. The second kappa shape index (κ2) is 6.19. The lowest BCUT2D eigenvalue weighted by Crippen LogP contribution is -2.47. The molecule has 18 heavy (non-hydrogen) atoms. The van der Waals surface area contributed by atoms with Crippen LogP contribution in [0.3, 0.4) is 0 Å². The van der Waals surface area contributed by atoms with E-state index in [0.29, 0.717) is 6.04 Å². The van der Waals surface area contributed by atoms with Crippen LogP contribution in [-0.4, -0.2) is 22.6 Å². The first kappa shape index (κ1) is 13.3. The lowest BCUT2D eigenvalue weighted by molar-refractivity contribution is 0.253. The second-order valence-electron chi connectivity index (χ2n) is 5.12. The molecule has 0 amide bonds. The monoisotopic (exact) mass is 262 g/mol. The SMILES string of the molecule is C[C@H](NC(=S)N1CCCC[C@H]1C)c1ccccc1. The number of benzene rings is 1. The summed E-state index contributed by atoms with van der Waals surface area (Å²) in [6, 6.07) is 11.3. The van der Waals surface area contributed by atoms with Gasteiger partial charge in [-0.2, -0.15) is 0 Å². The lowest BCUT2D eigenvalue weighted by atomic mass is 10.0. The lowest BCUT2D eigenvalue weighted by Gasteiger charge is -2.36. The molecule has 1 aliphatic rings. The highest BCUT2D eigenvalue weighted by Gasteiger charge is 2.21. The topological polar surface area (TPSA) is 15.3 Å². The number of likely N-dealkylation sites (tertiary alicyclic amines) is 1. The highest BCUT2D eigenvalue weighted by atomic mass is 32.1. The van der Waals surface area contributed by atoms with E-state index < -0.39 is 0 Å². The van der Waals surface area contributed by atoms with Crippen LogP contribution in [0.15, 0.2) is 30.3 Å². The van der Waals surface area contributed by atoms with Gasteiger partial charge in [-0.15, -0.1) is 0 Å². The zero-order chi connectivity index (χ0) is 13.0. The molecule has 1 N–H and O–H groups in total. The second-order valence-corrected chi connectivity index (χ2v) is 5.51.